The molecule has 7 heteroatoms. The normalized spacial score (nSPS) is 19.4. The molecule has 20 heavy (non-hydrogen) atoms. The van der Waals surface area contributed by atoms with Gasteiger partial charge in [-0.1, -0.05) is 0 Å². The standard InChI is InChI=1S/C13H21BrN4O2/c1-15-8-10-4-2-3-5-17(10)11-9-16-18(6-7-19)13(20)12(11)14/h9-10,15,19H,2-8H2,1H3. The van der Waals surface area contributed by atoms with Gasteiger partial charge in [0.15, 0.2) is 0 Å². The van der Waals surface area contributed by atoms with Crippen LogP contribution in [0.15, 0.2) is 15.5 Å². The van der Waals surface area contributed by atoms with E-state index in [2.05, 4.69) is 31.2 Å². The number of piperidine rings is 1. The van der Waals surface area contributed by atoms with Gasteiger partial charge in [-0.05, 0) is 42.2 Å². The zero-order chi connectivity index (χ0) is 14.5. The van der Waals surface area contributed by atoms with E-state index in [9.17, 15) is 4.79 Å². The van der Waals surface area contributed by atoms with Crippen molar-refractivity contribution in [3.63, 3.8) is 0 Å². The van der Waals surface area contributed by atoms with Crippen LogP contribution < -0.4 is 15.8 Å². The second-order valence-corrected chi connectivity index (χ2v) is 5.79. The Balaban J connectivity index is 2.31. The lowest BCUT2D eigenvalue weighted by Gasteiger charge is -2.37. The third kappa shape index (κ3) is 3.21. The molecule has 1 atom stereocenters. The second-order valence-electron chi connectivity index (χ2n) is 5.00. The van der Waals surface area contributed by atoms with Crippen LogP contribution in [-0.2, 0) is 6.54 Å². The van der Waals surface area contributed by atoms with Gasteiger partial charge >= 0.3 is 0 Å². The predicted octanol–water partition coefficient (Wildman–Crippen LogP) is 0.576. The number of anilines is 1. The summed E-state index contributed by atoms with van der Waals surface area (Å²) in [6.45, 7) is 1.96. The monoisotopic (exact) mass is 344 g/mol. The summed E-state index contributed by atoms with van der Waals surface area (Å²) in [4.78, 5) is 14.4. The number of aromatic nitrogens is 2. The van der Waals surface area contributed by atoms with E-state index in [4.69, 9.17) is 5.11 Å². The molecule has 0 bridgehead atoms. The fourth-order valence-electron chi connectivity index (χ4n) is 2.68. The molecular weight excluding hydrogens is 324 g/mol. The molecule has 1 aromatic heterocycles. The highest BCUT2D eigenvalue weighted by Gasteiger charge is 2.25. The van der Waals surface area contributed by atoms with E-state index in [1.54, 1.807) is 6.20 Å². The Bertz CT molecular complexity index is 504. The van der Waals surface area contributed by atoms with Gasteiger partial charge in [-0.15, -0.1) is 0 Å². The molecule has 0 amide bonds. The molecule has 1 aromatic rings. The summed E-state index contributed by atoms with van der Waals surface area (Å²) < 4.78 is 1.81. The molecule has 1 aliphatic rings. The van der Waals surface area contributed by atoms with E-state index >= 15 is 0 Å². The molecule has 0 spiro atoms. The first-order chi connectivity index (χ1) is 9.69. The summed E-state index contributed by atoms with van der Waals surface area (Å²) in [5.74, 6) is 0. The number of hydrogen-bond acceptors (Lipinski definition) is 5. The van der Waals surface area contributed by atoms with Crippen LogP contribution >= 0.6 is 15.9 Å². The number of nitrogens with zero attached hydrogens (tertiary/aromatic N) is 3. The van der Waals surface area contributed by atoms with Crippen molar-refractivity contribution in [3.05, 3.63) is 21.0 Å². The van der Waals surface area contributed by atoms with E-state index in [-0.39, 0.29) is 18.7 Å². The molecule has 1 saturated heterocycles. The van der Waals surface area contributed by atoms with Crippen LogP contribution in [0.4, 0.5) is 5.69 Å². The average molecular weight is 345 g/mol. The minimum atomic E-state index is -0.190. The average Bonchev–Trinajstić information content (AvgIpc) is 2.46. The first-order valence-corrected chi connectivity index (χ1v) is 7.76. The van der Waals surface area contributed by atoms with E-state index in [1.807, 2.05) is 7.05 Å². The van der Waals surface area contributed by atoms with E-state index in [1.165, 1.54) is 11.1 Å². The quantitative estimate of drug-likeness (QED) is 0.817. The van der Waals surface area contributed by atoms with Crippen molar-refractivity contribution < 1.29 is 5.11 Å². The van der Waals surface area contributed by atoms with E-state index in [0.29, 0.717) is 10.5 Å². The number of rotatable bonds is 5. The summed E-state index contributed by atoms with van der Waals surface area (Å²) in [5.41, 5.74) is 0.662. The van der Waals surface area contributed by atoms with E-state index < -0.39 is 0 Å². The highest BCUT2D eigenvalue weighted by molar-refractivity contribution is 9.10. The Hall–Kier alpha value is -0.920. The summed E-state index contributed by atoms with van der Waals surface area (Å²) in [6, 6.07) is 0.389. The predicted molar refractivity (Wildman–Crippen MR) is 82.2 cm³/mol. The van der Waals surface area contributed by atoms with Crippen LogP contribution in [0.3, 0.4) is 0 Å². The van der Waals surface area contributed by atoms with Crippen molar-refractivity contribution in [2.75, 3.05) is 31.6 Å². The van der Waals surface area contributed by atoms with Crippen molar-refractivity contribution in [2.24, 2.45) is 0 Å². The first kappa shape index (κ1) is 15.5. The largest absolute Gasteiger partial charge is 0.394 e. The molecule has 0 radical (unpaired) electrons. The molecule has 2 rings (SSSR count). The lowest BCUT2D eigenvalue weighted by molar-refractivity contribution is 0.266. The van der Waals surface area contributed by atoms with Gasteiger partial charge in [-0.2, -0.15) is 5.10 Å². The highest BCUT2D eigenvalue weighted by Crippen LogP contribution is 2.28. The van der Waals surface area contributed by atoms with Gasteiger partial charge < -0.3 is 15.3 Å². The number of halogens is 1. The lowest BCUT2D eigenvalue weighted by Crippen LogP contribution is -2.46. The third-order valence-corrected chi connectivity index (χ3v) is 4.40. The molecular formula is C13H21BrN4O2. The van der Waals surface area contributed by atoms with Gasteiger partial charge in [-0.3, -0.25) is 4.79 Å². The van der Waals surface area contributed by atoms with Gasteiger partial charge in [0, 0.05) is 19.1 Å². The maximum atomic E-state index is 12.2. The molecule has 6 nitrogen and oxygen atoms in total. The number of aliphatic hydroxyl groups excluding tert-OH is 1. The van der Waals surface area contributed by atoms with Crippen molar-refractivity contribution in [2.45, 2.75) is 31.8 Å². The first-order valence-electron chi connectivity index (χ1n) is 6.96. The Morgan fingerprint density at radius 1 is 1.55 bits per heavy atom. The van der Waals surface area contributed by atoms with Crippen molar-refractivity contribution in [1.82, 2.24) is 15.1 Å². The number of nitrogens with one attached hydrogen (secondary N) is 1. The third-order valence-electron chi connectivity index (χ3n) is 3.65. The number of aliphatic hydroxyl groups is 1. The zero-order valence-corrected chi connectivity index (χ0v) is 13.3. The van der Waals surface area contributed by atoms with Crippen LogP contribution in [0.5, 0.6) is 0 Å². The molecule has 1 unspecified atom stereocenters. The van der Waals surface area contributed by atoms with Crippen LogP contribution in [-0.4, -0.2) is 47.7 Å². The number of hydrogen-bond donors (Lipinski definition) is 2. The molecule has 1 aliphatic heterocycles. The number of likely N-dealkylation sites (N-methyl/N-ethyl adjacent to an activating group) is 1. The summed E-state index contributed by atoms with van der Waals surface area (Å²) in [7, 11) is 1.94. The second kappa shape index (κ2) is 7.19. The van der Waals surface area contributed by atoms with Gasteiger partial charge in [0.05, 0.1) is 25.0 Å². The Morgan fingerprint density at radius 3 is 3.05 bits per heavy atom. The lowest BCUT2D eigenvalue weighted by atomic mass is 10.0. The zero-order valence-electron chi connectivity index (χ0n) is 11.7. The Morgan fingerprint density at radius 2 is 2.35 bits per heavy atom. The summed E-state index contributed by atoms with van der Waals surface area (Å²) >= 11 is 3.40. The maximum Gasteiger partial charge on any atom is 0.283 e. The van der Waals surface area contributed by atoms with Gasteiger partial charge in [0.2, 0.25) is 0 Å². The van der Waals surface area contributed by atoms with Gasteiger partial charge in [-0.25, -0.2) is 4.68 Å². The smallest absolute Gasteiger partial charge is 0.283 e. The molecule has 112 valence electrons. The van der Waals surface area contributed by atoms with Gasteiger partial charge in [0.1, 0.15) is 4.47 Å². The molecule has 0 aliphatic carbocycles. The topological polar surface area (TPSA) is 70.4 Å². The maximum absolute atomic E-state index is 12.2. The summed E-state index contributed by atoms with van der Waals surface area (Å²) in [6.07, 6.45) is 5.18. The minimum Gasteiger partial charge on any atom is -0.394 e. The van der Waals surface area contributed by atoms with Crippen molar-refractivity contribution in [3.8, 4) is 0 Å². The molecule has 1 fully saturated rings. The minimum absolute atomic E-state index is 0.0925. The van der Waals surface area contributed by atoms with Crippen molar-refractivity contribution >= 4 is 21.6 Å². The van der Waals surface area contributed by atoms with Crippen LogP contribution in [0.1, 0.15) is 19.3 Å². The van der Waals surface area contributed by atoms with Crippen LogP contribution in [0, 0.1) is 0 Å². The Labute approximate surface area is 126 Å². The molecule has 2 heterocycles. The SMILES string of the molecule is CNCC1CCCCN1c1cnn(CCO)c(=O)c1Br. The fourth-order valence-corrected chi connectivity index (χ4v) is 3.21. The molecule has 0 saturated carbocycles. The van der Waals surface area contributed by atoms with Crippen LogP contribution in [0.25, 0.3) is 0 Å². The van der Waals surface area contributed by atoms with E-state index in [0.717, 1.165) is 31.6 Å². The summed E-state index contributed by atoms with van der Waals surface area (Å²) in [5, 5.41) is 16.3. The van der Waals surface area contributed by atoms with Crippen molar-refractivity contribution in [1.29, 1.82) is 0 Å². The molecule has 2 N–H and O–H groups in total. The van der Waals surface area contributed by atoms with Crippen LogP contribution in [0.2, 0.25) is 0 Å². The highest BCUT2D eigenvalue weighted by atomic mass is 79.9. The molecule has 0 aromatic carbocycles. The fraction of sp³-hybridized carbons (Fsp3) is 0.692. The van der Waals surface area contributed by atoms with Gasteiger partial charge in [0.25, 0.3) is 5.56 Å². The Kier molecular flexibility index (Phi) is 5.56.